The van der Waals surface area contributed by atoms with Gasteiger partial charge in [-0.15, -0.1) is 0 Å². The molecule has 1 atom stereocenters. The third-order valence-electron chi connectivity index (χ3n) is 4.20. The number of carbonyl (C=O) groups excluding carboxylic acids is 1. The van der Waals surface area contributed by atoms with Crippen molar-refractivity contribution in [3.05, 3.63) is 95.6 Å². The Morgan fingerprint density at radius 3 is 2.16 bits per heavy atom. The van der Waals surface area contributed by atoms with Crippen LogP contribution in [-0.4, -0.2) is 16.2 Å². The van der Waals surface area contributed by atoms with E-state index in [-0.39, 0.29) is 6.61 Å². The summed E-state index contributed by atoms with van der Waals surface area (Å²) in [6.07, 6.45) is 0. The molecule has 3 aromatic carbocycles. The summed E-state index contributed by atoms with van der Waals surface area (Å²) in [5.74, 6) is -1.07. The van der Waals surface area contributed by atoms with Crippen LogP contribution in [0.3, 0.4) is 0 Å². The molecule has 25 heavy (non-hydrogen) atoms. The highest BCUT2D eigenvalue weighted by molar-refractivity contribution is 5.86. The summed E-state index contributed by atoms with van der Waals surface area (Å²) < 4.78 is 0. The van der Waals surface area contributed by atoms with E-state index in [4.69, 9.17) is 10.3 Å². The van der Waals surface area contributed by atoms with Gasteiger partial charge in [-0.3, -0.25) is 10.0 Å². The van der Waals surface area contributed by atoms with Crippen LogP contribution in [0.15, 0.2) is 78.9 Å². The number of rotatable bonds is 5. The van der Waals surface area contributed by atoms with E-state index in [1.54, 1.807) is 5.48 Å². The number of hydroxylamine groups is 1. The molecular formula is C21H19NO3. The van der Waals surface area contributed by atoms with Crippen LogP contribution in [0, 0.1) is 0 Å². The number of carbonyl (C=O) groups is 1. The smallest absolute Gasteiger partial charge is 0.255 e. The van der Waals surface area contributed by atoms with Gasteiger partial charge >= 0.3 is 0 Å². The molecular weight excluding hydrogens is 314 g/mol. The molecule has 3 rings (SSSR count). The molecule has 1 amide bonds. The fraction of sp³-hybridized carbons (Fsp3) is 0.0952. The molecule has 3 N–H and O–H groups in total. The van der Waals surface area contributed by atoms with Crippen molar-refractivity contribution in [1.29, 1.82) is 0 Å². The van der Waals surface area contributed by atoms with E-state index in [1.807, 2.05) is 78.9 Å². The van der Waals surface area contributed by atoms with Crippen molar-refractivity contribution in [2.24, 2.45) is 0 Å². The fourth-order valence-corrected chi connectivity index (χ4v) is 2.91. The second kappa shape index (κ2) is 7.75. The Morgan fingerprint density at radius 2 is 1.52 bits per heavy atom. The predicted octanol–water partition coefficient (Wildman–Crippen LogP) is 3.48. The number of aliphatic hydroxyl groups is 1. The molecule has 0 aliphatic heterocycles. The van der Waals surface area contributed by atoms with Crippen molar-refractivity contribution < 1.29 is 15.1 Å². The standard InChI is InChI=1S/C21H19NO3/c23-14-15-9-11-16(12-10-15)18-7-4-8-19(13-18)20(21(24)22-25)17-5-2-1-3-6-17/h1-13,20,23,25H,14H2,(H,22,24). The molecule has 0 aliphatic rings. The van der Waals surface area contributed by atoms with Crippen molar-refractivity contribution in [1.82, 2.24) is 5.48 Å². The van der Waals surface area contributed by atoms with Crippen LogP contribution in [0.2, 0.25) is 0 Å². The Balaban J connectivity index is 2.01. The predicted molar refractivity (Wildman–Crippen MR) is 96.0 cm³/mol. The summed E-state index contributed by atoms with van der Waals surface area (Å²) in [4.78, 5) is 12.3. The third kappa shape index (κ3) is 3.76. The average molecular weight is 333 g/mol. The number of nitrogens with one attached hydrogen (secondary N) is 1. The first-order chi connectivity index (χ1) is 12.2. The van der Waals surface area contributed by atoms with Crippen LogP contribution in [0.25, 0.3) is 11.1 Å². The maximum atomic E-state index is 12.3. The summed E-state index contributed by atoms with van der Waals surface area (Å²) in [5.41, 5.74) is 6.18. The van der Waals surface area contributed by atoms with Crippen molar-refractivity contribution >= 4 is 5.91 Å². The van der Waals surface area contributed by atoms with Crippen molar-refractivity contribution in [2.75, 3.05) is 0 Å². The second-order valence-corrected chi connectivity index (χ2v) is 5.80. The summed E-state index contributed by atoms with van der Waals surface area (Å²) in [5, 5.41) is 18.3. The molecule has 0 heterocycles. The van der Waals surface area contributed by atoms with Crippen molar-refractivity contribution in [3.63, 3.8) is 0 Å². The van der Waals surface area contributed by atoms with Gasteiger partial charge in [-0.1, -0.05) is 78.9 Å². The van der Waals surface area contributed by atoms with E-state index in [1.165, 1.54) is 0 Å². The molecule has 3 aromatic rings. The minimum Gasteiger partial charge on any atom is -0.392 e. The maximum absolute atomic E-state index is 12.3. The lowest BCUT2D eigenvalue weighted by Crippen LogP contribution is -2.27. The zero-order valence-electron chi connectivity index (χ0n) is 13.6. The largest absolute Gasteiger partial charge is 0.392 e. The van der Waals surface area contributed by atoms with Gasteiger partial charge in [0.1, 0.15) is 0 Å². The summed E-state index contributed by atoms with van der Waals surface area (Å²) in [6.45, 7) is 0.00702. The number of hydrogen-bond donors (Lipinski definition) is 3. The first kappa shape index (κ1) is 16.9. The third-order valence-corrected chi connectivity index (χ3v) is 4.20. The Labute approximate surface area is 146 Å². The molecule has 126 valence electrons. The SMILES string of the molecule is O=C(NO)C(c1ccccc1)c1cccc(-c2ccc(CO)cc2)c1. The van der Waals surface area contributed by atoms with Crippen LogP contribution >= 0.6 is 0 Å². The minimum absolute atomic E-state index is 0.00702. The summed E-state index contributed by atoms with van der Waals surface area (Å²) in [6, 6.07) is 24.6. The van der Waals surface area contributed by atoms with Crippen LogP contribution in [0.5, 0.6) is 0 Å². The Bertz CT molecular complexity index is 845. The lowest BCUT2D eigenvalue weighted by atomic mass is 9.89. The number of benzene rings is 3. The molecule has 4 nitrogen and oxygen atoms in total. The van der Waals surface area contributed by atoms with Gasteiger partial charge in [0.15, 0.2) is 0 Å². The zero-order chi connectivity index (χ0) is 17.6. The number of aliphatic hydroxyl groups excluding tert-OH is 1. The number of hydrogen-bond acceptors (Lipinski definition) is 3. The molecule has 4 heteroatoms. The molecule has 0 fully saturated rings. The molecule has 0 saturated carbocycles. The van der Waals surface area contributed by atoms with E-state index in [2.05, 4.69) is 0 Å². The van der Waals surface area contributed by atoms with E-state index in [0.29, 0.717) is 0 Å². The first-order valence-electron chi connectivity index (χ1n) is 8.02. The maximum Gasteiger partial charge on any atom is 0.255 e. The van der Waals surface area contributed by atoms with Crippen LogP contribution in [0.4, 0.5) is 0 Å². The van der Waals surface area contributed by atoms with Gasteiger partial charge in [0, 0.05) is 0 Å². The van der Waals surface area contributed by atoms with Gasteiger partial charge in [0.05, 0.1) is 12.5 Å². The van der Waals surface area contributed by atoms with Crippen LogP contribution in [-0.2, 0) is 11.4 Å². The molecule has 1 unspecified atom stereocenters. The monoisotopic (exact) mass is 333 g/mol. The highest BCUT2D eigenvalue weighted by Crippen LogP contribution is 2.29. The highest BCUT2D eigenvalue weighted by Gasteiger charge is 2.22. The van der Waals surface area contributed by atoms with Gasteiger partial charge < -0.3 is 5.11 Å². The van der Waals surface area contributed by atoms with E-state index in [9.17, 15) is 4.79 Å². The molecule has 0 aromatic heterocycles. The second-order valence-electron chi connectivity index (χ2n) is 5.80. The van der Waals surface area contributed by atoms with E-state index in [0.717, 1.165) is 27.8 Å². The normalized spacial score (nSPS) is 11.8. The van der Waals surface area contributed by atoms with E-state index < -0.39 is 11.8 Å². The van der Waals surface area contributed by atoms with Crippen molar-refractivity contribution in [3.8, 4) is 11.1 Å². The topological polar surface area (TPSA) is 69.6 Å². The van der Waals surface area contributed by atoms with Gasteiger partial charge in [-0.25, -0.2) is 5.48 Å². The molecule has 0 radical (unpaired) electrons. The van der Waals surface area contributed by atoms with Gasteiger partial charge in [-0.2, -0.15) is 0 Å². The Kier molecular flexibility index (Phi) is 5.23. The van der Waals surface area contributed by atoms with Gasteiger partial charge in [0.2, 0.25) is 0 Å². The van der Waals surface area contributed by atoms with Crippen LogP contribution < -0.4 is 5.48 Å². The Hall–Kier alpha value is -2.95. The van der Waals surface area contributed by atoms with Crippen LogP contribution in [0.1, 0.15) is 22.6 Å². The van der Waals surface area contributed by atoms with Gasteiger partial charge in [-0.05, 0) is 27.8 Å². The fourth-order valence-electron chi connectivity index (χ4n) is 2.91. The molecule has 0 saturated heterocycles. The summed E-state index contributed by atoms with van der Waals surface area (Å²) in [7, 11) is 0. The first-order valence-corrected chi connectivity index (χ1v) is 8.02. The van der Waals surface area contributed by atoms with Gasteiger partial charge in [0.25, 0.3) is 5.91 Å². The minimum atomic E-state index is -0.595. The average Bonchev–Trinajstić information content (AvgIpc) is 2.69. The molecule has 0 aliphatic carbocycles. The lowest BCUT2D eigenvalue weighted by Gasteiger charge is -2.17. The zero-order valence-corrected chi connectivity index (χ0v) is 13.6. The lowest BCUT2D eigenvalue weighted by molar-refractivity contribution is -0.129. The molecule has 0 spiro atoms. The quantitative estimate of drug-likeness (QED) is 0.494. The highest BCUT2D eigenvalue weighted by atomic mass is 16.5. The Morgan fingerprint density at radius 1 is 0.840 bits per heavy atom. The summed E-state index contributed by atoms with van der Waals surface area (Å²) >= 11 is 0. The molecule has 0 bridgehead atoms. The van der Waals surface area contributed by atoms with Crippen molar-refractivity contribution in [2.45, 2.75) is 12.5 Å². The van der Waals surface area contributed by atoms with E-state index >= 15 is 0 Å². The number of amides is 1.